The van der Waals surface area contributed by atoms with Gasteiger partial charge in [-0.15, -0.1) is 0 Å². The van der Waals surface area contributed by atoms with Crippen LogP contribution in [-0.2, 0) is 14.8 Å². The molecule has 1 amide bonds. The quantitative estimate of drug-likeness (QED) is 0.552. The van der Waals surface area contributed by atoms with Crippen molar-refractivity contribution in [1.29, 1.82) is 0 Å². The van der Waals surface area contributed by atoms with Crippen molar-refractivity contribution in [3.8, 4) is 5.75 Å². The molecule has 3 rings (SSSR count). The highest BCUT2D eigenvalue weighted by atomic mass is 35.5. The lowest BCUT2D eigenvalue weighted by molar-refractivity contribution is -0.118. The molecule has 1 aliphatic carbocycles. The number of hydrogen-bond donors (Lipinski definition) is 2. The molecule has 0 atom stereocenters. The zero-order valence-electron chi connectivity index (χ0n) is 16.0. The number of sulfonamides is 1. The highest BCUT2D eigenvalue weighted by Gasteiger charge is 2.22. The first kappa shape index (κ1) is 23.2. The van der Waals surface area contributed by atoms with Gasteiger partial charge in [-0.2, -0.15) is 0 Å². The van der Waals surface area contributed by atoms with Crippen molar-refractivity contribution < 1.29 is 17.9 Å². The topological polar surface area (TPSA) is 84.5 Å². The summed E-state index contributed by atoms with van der Waals surface area (Å²) >= 11 is 17.9. The van der Waals surface area contributed by atoms with Crippen molar-refractivity contribution in [1.82, 2.24) is 4.72 Å². The summed E-state index contributed by atoms with van der Waals surface area (Å²) in [6.07, 6.45) is 4.84. The Balaban J connectivity index is 1.59. The monoisotopic (exact) mass is 490 g/mol. The minimum Gasteiger partial charge on any atom is -0.482 e. The highest BCUT2D eigenvalue weighted by molar-refractivity contribution is 7.89. The van der Waals surface area contributed by atoms with Crippen LogP contribution in [0.5, 0.6) is 5.75 Å². The van der Waals surface area contributed by atoms with Gasteiger partial charge in [0.2, 0.25) is 10.0 Å². The third-order valence-corrected chi connectivity index (χ3v) is 7.26. The van der Waals surface area contributed by atoms with Gasteiger partial charge < -0.3 is 10.1 Å². The molecule has 1 aliphatic rings. The molecule has 0 bridgehead atoms. The second kappa shape index (κ2) is 10.2. The minimum atomic E-state index is -3.67. The lowest BCUT2D eigenvalue weighted by Gasteiger charge is -2.22. The van der Waals surface area contributed by atoms with Crippen LogP contribution < -0.4 is 14.8 Å². The van der Waals surface area contributed by atoms with E-state index in [9.17, 15) is 13.2 Å². The van der Waals surface area contributed by atoms with Crippen LogP contribution >= 0.6 is 34.8 Å². The smallest absolute Gasteiger partial charge is 0.262 e. The van der Waals surface area contributed by atoms with E-state index in [4.69, 9.17) is 39.5 Å². The molecule has 0 heterocycles. The summed E-state index contributed by atoms with van der Waals surface area (Å²) in [5, 5.41) is 3.42. The molecule has 1 saturated carbocycles. The average molecular weight is 492 g/mol. The van der Waals surface area contributed by atoms with Gasteiger partial charge in [0.1, 0.15) is 5.75 Å². The number of carbonyl (C=O) groups is 1. The van der Waals surface area contributed by atoms with Crippen LogP contribution in [0.4, 0.5) is 5.69 Å². The van der Waals surface area contributed by atoms with Gasteiger partial charge >= 0.3 is 0 Å². The van der Waals surface area contributed by atoms with Crippen LogP contribution in [0, 0.1) is 0 Å². The molecular weight excluding hydrogens is 471 g/mol. The van der Waals surface area contributed by atoms with E-state index in [-0.39, 0.29) is 28.3 Å². The molecule has 1 fully saturated rings. The van der Waals surface area contributed by atoms with Gasteiger partial charge in [0.25, 0.3) is 5.91 Å². The van der Waals surface area contributed by atoms with E-state index >= 15 is 0 Å². The van der Waals surface area contributed by atoms with E-state index in [0.717, 1.165) is 32.1 Å². The van der Waals surface area contributed by atoms with E-state index in [0.29, 0.717) is 15.7 Å². The Kier molecular flexibility index (Phi) is 7.87. The Hall–Kier alpha value is -1.51. The largest absolute Gasteiger partial charge is 0.482 e. The molecule has 0 radical (unpaired) electrons. The van der Waals surface area contributed by atoms with Gasteiger partial charge in [0.15, 0.2) is 6.61 Å². The van der Waals surface area contributed by atoms with Gasteiger partial charge in [-0.05, 0) is 49.2 Å². The van der Waals surface area contributed by atoms with Crippen LogP contribution in [0.1, 0.15) is 32.1 Å². The molecule has 0 unspecified atom stereocenters. The van der Waals surface area contributed by atoms with Gasteiger partial charge in [0.05, 0.1) is 20.0 Å². The number of amides is 1. The van der Waals surface area contributed by atoms with Crippen molar-refractivity contribution in [3.05, 3.63) is 51.5 Å². The van der Waals surface area contributed by atoms with Gasteiger partial charge in [-0.3, -0.25) is 4.79 Å². The predicted octanol–water partition coefficient (Wildman–Crippen LogP) is 5.28. The molecule has 0 aromatic heterocycles. The summed E-state index contributed by atoms with van der Waals surface area (Å²) in [6.45, 7) is -0.313. The van der Waals surface area contributed by atoms with E-state index in [2.05, 4.69) is 10.0 Å². The summed E-state index contributed by atoms with van der Waals surface area (Å²) < 4.78 is 33.3. The zero-order chi connectivity index (χ0) is 21.7. The van der Waals surface area contributed by atoms with Crippen molar-refractivity contribution in [2.45, 2.75) is 43.0 Å². The van der Waals surface area contributed by atoms with Gasteiger partial charge in [-0.25, -0.2) is 13.1 Å². The molecule has 2 aromatic carbocycles. The summed E-state index contributed by atoms with van der Waals surface area (Å²) in [5.74, 6) is -0.224. The summed E-state index contributed by atoms with van der Waals surface area (Å²) in [5.41, 5.74) is 0.472. The molecular formula is C20H21Cl3N2O4S. The predicted molar refractivity (Wildman–Crippen MR) is 119 cm³/mol. The van der Waals surface area contributed by atoms with Crippen molar-refractivity contribution in [3.63, 3.8) is 0 Å². The van der Waals surface area contributed by atoms with Crippen LogP contribution in [-0.4, -0.2) is 27.0 Å². The number of anilines is 1. The fourth-order valence-corrected chi connectivity index (χ4v) is 5.12. The Morgan fingerprint density at radius 3 is 2.37 bits per heavy atom. The number of carbonyl (C=O) groups excluding carboxylic acids is 1. The number of benzene rings is 2. The molecule has 30 heavy (non-hydrogen) atoms. The Morgan fingerprint density at radius 1 is 0.967 bits per heavy atom. The van der Waals surface area contributed by atoms with Crippen molar-refractivity contribution in [2.75, 3.05) is 11.9 Å². The lowest BCUT2D eigenvalue weighted by Crippen LogP contribution is -2.36. The normalized spacial score (nSPS) is 15.0. The Labute approximate surface area is 190 Å². The molecule has 0 spiro atoms. The zero-order valence-corrected chi connectivity index (χ0v) is 19.0. The van der Waals surface area contributed by atoms with Crippen LogP contribution in [0.25, 0.3) is 0 Å². The van der Waals surface area contributed by atoms with Gasteiger partial charge in [-0.1, -0.05) is 54.1 Å². The summed E-state index contributed by atoms with van der Waals surface area (Å²) in [6, 6.07) is 8.80. The second-order valence-corrected chi connectivity index (χ2v) is 9.95. The maximum absolute atomic E-state index is 12.6. The summed E-state index contributed by atoms with van der Waals surface area (Å²) in [7, 11) is -3.67. The Morgan fingerprint density at radius 2 is 1.70 bits per heavy atom. The molecule has 2 N–H and O–H groups in total. The molecule has 162 valence electrons. The van der Waals surface area contributed by atoms with Crippen LogP contribution in [0.2, 0.25) is 15.1 Å². The number of rotatable bonds is 7. The molecule has 0 saturated heterocycles. The number of halogens is 3. The van der Waals surface area contributed by atoms with Crippen molar-refractivity contribution >= 4 is 56.4 Å². The highest BCUT2D eigenvalue weighted by Crippen LogP contribution is 2.29. The molecule has 6 nitrogen and oxygen atoms in total. The summed E-state index contributed by atoms with van der Waals surface area (Å²) in [4.78, 5) is 12.1. The maximum Gasteiger partial charge on any atom is 0.262 e. The second-order valence-electron chi connectivity index (χ2n) is 7.01. The lowest BCUT2D eigenvalue weighted by atomic mass is 9.96. The van der Waals surface area contributed by atoms with Gasteiger partial charge in [0, 0.05) is 11.7 Å². The third-order valence-electron chi connectivity index (χ3n) is 4.70. The van der Waals surface area contributed by atoms with E-state index in [1.807, 2.05) is 0 Å². The standard InChI is InChI=1S/C20H21Cl3N2O4S/c21-16-8-6-14(10-17(16)22)24-20(26)12-29-19-9-7-15(11-18(19)23)30(27,28)25-13-4-2-1-3-5-13/h6-11,13,25H,1-5,12H2,(H,24,26). The van der Waals surface area contributed by atoms with E-state index in [1.165, 1.54) is 24.3 Å². The van der Waals surface area contributed by atoms with E-state index in [1.54, 1.807) is 12.1 Å². The SMILES string of the molecule is O=C(COc1ccc(S(=O)(=O)NC2CCCCC2)cc1Cl)Nc1ccc(Cl)c(Cl)c1. The van der Waals surface area contributed by atoms with Crippen LogP contribution in [0.3, 0.4) is 0 Å². The first-order chi connectivity index (χ1) is 14.2. The molecule has 0 aliphatic heterocycles. The maximum atomic E-state index is 12.6. The minimum absolute atomic E-state index is 0.0523. The van der Waals surface area contributed by atoms with E-state index < -0.39 is 15.9 Å². The van der Waals surface area contributed by atoms with Crippen LogP contribution in [0.15, 0.2) is 41.3 Å². The fourth-order valence-electron chi connectivity index (χ4n) is 3.19. The number of hydrogen-bond acceptors (Lipinski definition) is 4. The number of ether oxygens (including phenoxy) is 1. The fraction of sp³-hybridized carbons (Fsp3) is 0.350. The van der Waals surface area contributed by atoms with Crippen molar-refractivity contribution in [2.24, 2.45) is 0 Å². The Bertz CT molecular complexity index is 1020. The third kappa shape index (κ3) is 6.25. The first-order valence-electron chi connectivity index (χ1n) is 9.44. The molecule has 2 aromatic rings. The molecule has 10 heteroatoms. The first-order valence-corrected chi connectivity index (χ1v) is 12.1. The number of nitrogens with one attached hydrogen (secondary N) is 2. The average Bonchev–Trinajstić information content (AvgIpc) is 2.70.